The number of hydrogen-bond donors (Lipinski definition) is 3. The minimum absolute atomic E-state index is 0.122. The van der Waals surface area contributed by atoms with Crippen molar-refractivity contribution in [1.29, 1.82) is 0 Å². The first-order valence-corrected chi connectivity index (χ1v) is 7.58. The van der Waals surface area contributed by atoms with Gasteiger partial charge in [-0.15, -0.1) is 0 Å². The van der Waals surface area contributed by atoms with Gasteiger partial charge in [0.2, 0.25) is 5.91 Å². The van der Waals surface area contributed by atoms with Crippen LogP contribution in [0.4, 0.5) is 11.4 Å². The number of ether oxygens (including phenoxy) is 1. The van der Waals surface area contributed by atoms with E-state index >= 15 is 0 Å². The fourth-order valence-electron chi connectivity index (χ4n) is 2.09. The van der Waals surface area contributed by atoms with Crippen LogP contribution >= 0.6 is 0 Å². The van der Waals surface area contributed by atoms with Gasteiger partial charge in [-0.25, -0.2) is 0 Å². The molecule has 0 atom stereocenters. The summed E-state index contributed by atoms with van der Waals surface area (Å²) in [6, 6.07) is 12.7. The summed E-state index contributed by atoms with van der Waals surface area (Å²) in [6.45, 7) is 3.63. The number of aryl methyl sites for hydroxylation is 2. The zero-order valence-corrected chi connectivity index (χ0v) is 13.8. The molecule has 6 heteroatoms. The van der Waals surface area contributed by atoms with Crippen LogP contribution in [-0.4, -0.2) is 25.0 Å². The molecule has 0 saturated heterocycles. The highest BCUT2D eigenvalue weighted by Crippen LogP contribution is 2.22. The average Bonchev–Trinajstić information content (AvgIpc) is 2.57. The van der Waals surface area contributed by atoms with E-state index in [1.165, 1.54) is 0 Å². The SMILES string of the molecule is Cc1ccc(C)c(OCC(=O)Nc2ccccc2NC(=O)CN)c1. The molecule has 4 N–H and O–H groups in total. The molecule has 6 nitrogen and oxygen atoms in total. The van der Waals surface area contributed by atoms with Crippen molar-refractivity contribution < 1.29 is 14.3 Å². The van der Waals surface area contributed by atoms with Gasteiger partial charge in [-0.3, -0.25) is 9.59 Å². The zero-order valence-electron chi connectivity index (χ0n) is 13.8. The van der Waals surface area contributed by atoms with Crippen molar-refractivity contribution in [3.8, 4) is 5.75 Å². The highest BCUT2D eigenvalue weighted by molar-refractivity contribution is 6.00. The molecule has 2 aromatic carbocycles. The van der Waals surface area contributed by atoms with Crippen molar-refractivity contribution in [2.45, 2.75) is 13.8 Å². The summed E-state index contributed by atoms with van der Waals surface area (Å²) in [4.78, 5) is 23.5. The van der Waals surface area contributed by atoms with Crippen molar-refractivity contribution in [3.05, 3.63) is 53.6 Å². The van der Waals surface area contributed by atoms with E-state index in [-0.39, 0.29) is 25.0 Å². The van der Waals surface area contributed by atoms with Crippen LogP contribution in [0.3, 0.4) is 0 Å². The van der Waals surface area contributed by atoms with Gasteiger partial charge in [-0.1, -0.05) is 24.3 Å². The number of rotatable bonds is 6. The molecule has 0 unspecified atom stereocenters. The molecule has 24 heavy (non-hydrogen) atoms. The number of nitrogens with one attached hydrogen (secondary N) is 2. The molecule has 2 rings (SSSR count). The highest BCUT2D eigenvalue weighted by atomic mass is 16.5. The Kier molecular flexibility index (Phi) is 5.92. The summed E-state index contributed by atoms with van der Waals surface area (Å²) >= 11 is 0. The standard InChI is InChI=1S/C18H21N3O3/c1-12-7-8-13(2)16(9-12)24-11-18(23)21-15-6-4-3-5-14(15)20-17(22)10-19/h3-9H,10-11,19H2,1-2H3,(H,20,22)(H,21,23). The minimum atomic E-state index is -0.330. The van der Waals surface area contributed by atoms with Crippen molar-refractivity contribution in [3.63, 3.8) is 0 Å². The first kappa shape index (κ1) is 17.5. The van der Waals surface area contributed by atoms with Gasteiger partial charge in [0.25, 0.3) is 5.91 Å². The molecule has 0 aliphatic carbocycles. The molecule has 0 bridgehead atoms. The number of para-hydroxylation sites is 2. The lowest BCUT2D eigenvalue weighted by atomic mass is 10.1. The largest absolute Gasteiger partial charge is 0.483 e. The number of carbonyl (C=O) groups is 2. The lowest BCUT2D eigenvalue weighted by molar-refractivity contribution is -0.118. The summed E-state index contributed by atoms with van der Waals surface area (Å²) in [5, 5.41) is 5.36. The number of carbonyl (C=O) groups excluding carboxylic acids is 2. The molecule has 0 heterocycles. The molecular formula is C18H21N3O3. The number of hydrogen-bond acceptors (Lipinski definition) is 4. The van der Waals surface area contributed by atoms with E-state index in [0.717, 1.165) is 11.1 Å². The third kappa shape index (κ3) is 4.82. The second-order valence-electron chi connectivity index (χ2n) is 5.40. The van der Waals surface area contributed by atoms with Crippen molar-refractivity contribution in [2.24, 2.45) is 5.73 Å². The van der Waals surface area contributed by atoms with Gasteiger partial charge < -0.3 is 21.1 Å². The van der Waals surface area contributed by atoms with E-state index in [2.05, 4.69) is 10.6 Å². The maximum absolute atomic E-state index is 12.1. The lowest BCUT2D eigenvalue weighted by Crippen LogP contribution is -2.24. The van der Waals surface area contributed by atoms with Crippen LogP contribution in [-0.2, 0) is 9.59 Å². The van der Waals surface area contributed by atoms with Crippen molar-refractivity contribution in [1.82, 2.24) is 0 Å². The first-order valence-electron chi connectivity index (χ1n) is 7.58. The summed E-state index contributed by atoms with van der Waals surface area (Å²) < 4.78 is 5.57. The molecule has 0 aliphatic heterocycles. The third-order valence-electron chi connectivity index (χ3n) is 3.36. The van der Waals surface area contributed by atoms with E-state index < -0.39 is 0 Å². The Morgan fingerprint density at radius 3 is 2.25 bits per heavy atom. The predicted octanol–water partition coefficient (Wildman–Crippen LogP) is 2.22. The normalized spacial score (nSPS) is 10.1. The monoisotopic (exact) mass is 327 g/mol. The van der Waals surface area contributed by atoms with E-state index in [1.54, 1.807) is 24.3 Å². The predicted molar refractivity (Wildman–Crippen MR) is 94.2 cm³/mol. The van der Waals surface area contributed by atoms with Gasteiger partial charge in [0.1, 0.15) is 5.75 Å². The van der Waals surface area contributed by atoms with Crippen LogP contribution in [0.5, 0.6) is 5.75 Å². The Morgan fingerprint density at radius 1 is 1.00 bits per heavy atom. The van der Waals surface area contributed by atoms with Crippen LogP contribution < -0.4 is 21.1 Å². The quantitative estimate of drug-likeness (QED) is 0.758. The van der Waals surface area contributed by atoms with E-state index in [9.17, 15) is 9.59 Å². The molecule has 0 radical (unpaired) electrons. The topological polar surface area (TPSA) is 93.5 Å². The molecule has 0 aliphatic rings. The van der Waals surface area contributed by atoms with Gasteiger partial charge in [0.15, 0.2) is 6.61 Å². The second-order valence-corrected chi connectivity index (χ2v) is 5.40. The average molecular weight is 327 g/mol. The fraction of sp³-hybridized carbons (Fsp3) is 0.222. The Balaban J connectivity index is 2.00. The van der Waals surface area contributed by atoms with Gasteiger partial charge in [0.05, 0.1) is 17.9 Å². The Bertz CT molecular complexity index is 744. The Hall–Kier alpha value is -2.86. The fourth-order valence-corrected chi connectivity index (χ4v) is 2.09. The second kappa shape index (κ2) is 8.12. The van der Waals surface area contributed by atoms with Gasteiger partial charge in [0, 0.05) is 0 Å². The smallest absolute Gasteiger partial charge is 0.262 e. The van der Waals surface area contributed by atoms with E-state index in [0.29, 0.717) is 17.1 Å². The van der Waals surface area contributed by atoms with Crippen LogP contribution in [0.2, 0.25) is 0 Å². The van der Waals surface area contributed by atoms with Crippen LogP contribution in [0, 0.1) is 13.8 Å². The Morgan fingerprint density at radius 2 is 1.62 bits per heavy atom. The number of nitrogens with two attached hydrogens (primary N) is 1. The summed E-state index contributed by atoms with van der Waals surface area (Å²) in [5.41, 5.74) is 8.30. The number of amides is 2. The molecule has 126 valence electrons. The maximum Gasteiger partial charge on any atom is 0.262 e. The van der Waals surface area contributed by atoms with Crippen LogP contribution in [0.25, 0.3) is 0 Å². The van der Waals surface area contributed by atoms with Crippen molar-refractivity contribution >= 4 is 23.2 Å². The minimum Gasteiger partial charge on any atom is -0.483 e. The zero-order chi connectivity index (χ0) is 17.5. The highest BCUT2D eigenvalue weighted by Gasteiger charge is 2.10. The molecular weight excluding hydrogens is 306 g/mol. The molecule has 0 spiro atoms. The molecule has 0 fully saturated rings. The van der Waals surface area contributed by atoms with Crippen LogP contribution in [0.15, 0.2) is 42.5 Å². The van der Waals surface area contributed by atoms with Gasteiger partial charge >= 0.3 is 0 Å². The molecule has 0 aromatic heterocycles. The summed E-state index contributed by atoms with van der Waals surface area (Å²) in [5.74, 6) is 0.0311. The summed E-state index contributed by atoms with van der Waals surface area (Å²) in [6.07, 6.45) is 0. The van der Waals surface area contributed by atoms with Crippen molar-refractivity contribution in [2.75, 3.05) is 23.8 Å². The molecule has 2 amide bonds. The van der Waals surface area contributed by atoms with Gasteiger partial charge in [-0.2, -0.15) is 0 Å². The summed E-state index contributed by atoms with van der Waals surface area (Å²) in [7, 11) is 0. The Labute approximate surface area is 141 Å². The van der Waals surface area contributed by atoms with Crippen LogP contribution in [0.1, 0.15) is 11.1 Å². The molecule has 2 aromatic rings. The lowest BCUT2D eigenvalue weighted by Gasteiger charge is -2.13. The first-order chi connectivity index (χ1) is 11.5. The number of benzene rings is 2. The van der Waals surface area contributed by atoms with E-state index in [1.807, 2.05) is 32.0 Å². The van der Waals surface area contributed by atoms with Gasteiger partial charge in [-0.05, 0) is 43.2 Å². The number of anilines is 2. The third-order valence-corrected chi connectivity index (χ3v) is 3.36. The van der Waals surface area contributed by atoms with E-state index in [4.69, 9.17) is 10.5 Å². The maximum atomic E-state index is 12.1. The molecule has 0 saturated carbocycles.